The highest BCUT2D eigenvalue weighted by molar-refractivity contribution is 14.2. The van der Waals surface area contributed by atoms with E-state index in [1.807, 2.05) is 37.3 Å². The quantitative estimate of drug-likeness (QED) is 0.776. The van der Waals surface area contributed by atoms with E-state index in [0.717, 1.165) is 9.13 Å². The predicted octanol–water partition coefficient (Wildman–Crippen LogP) is 3.10. The van der Waals surface area contributed by atoms with Gasteiger partial charge in [-0.2, -0.15) is 8.42 Å². The van der Waals surface area contributed by atoms with E-state index < -0.39 is 31.1 Å². The van der Waals surface area contributed by atoms with Crippen LogP contribution in [0.2, 0.25) is 0 Å². The molecule has 94 valence electrons. The number of nitrogens with zero attached hydrogens (tertiary/aromatic N) is 2. The molecule has 0 atom stereocenters. The van der Waals surface area contributed by atoms with Gasteiger partial charge in [-0.05, 0) is 30.7 Å². The summed E-state index contributed by atoms with van der Waals surface area (Å²) in [5, 5.41) is 0.0173. The molecule has 1 aromatic heterocycles. The highest BCUT2D eigenvalue weighted by Gasteiger charge is 2.13. The lowest BCUT2D eigenvalue weighted by Crippen LogP contribution is -1.98. The van der Waals surface area contributed by atoms with Crippen molar-refractivity contribution < 1.29 is 8.42 Å². The summed E-state index contributed by atoms with van der Waals surface area (Å²) in [6.07, 6.45) is 1.53. The van der Waals surface area contributed by atoms with Gasteiger partial charge in [0.05, 0.1) is 0 Å². The van der Waals surface area contributed by atoms with E-state index in [-0.39, 0.29) is 5.03 Å². The van der Waals surface area contributed by atoms with Crippen LogP contribution in [0, 0.1) is 10.5 Å². The molecule has 0 aliphatic heterocycles. The maximum Gasteiger partial charge on any atom is 0.304 e. The number of hydrogen-bond donors (Lipinski definition) is 0. The summed E-state index contributed by atoms with van der Waals surface area (Å²) >= 11 is -0.900. The van der Waals surface area contributed by atoms with Gasteiger partial charge in [0.1, 0.15) is 0 Å². The smallest absolute Gasteiger partial charge is 0.243 e. The fourth-order valence-electron chi connectivity index (χ4n) is 1.20. The fraction of sp³-hybridized carbons (Fsp3) is 0.0833. The maximum absolute atomic E-state index is 11.9. The van der Waals surface area contributed by atoms with Gasteiger partial charge in [-0.25, -0.2) is 4.98 Å². The summed E-state index contributed by atoms with van der Waals surface area (Å²) in [6.45, 7) is 1.86. The average molecular weight is 374 g/mol. The molecule has 0 N–H and O–H groups in total. The zero-order chi connectivity index (χ0) is 13.0. The van der Waals surface area contributed by atoms with Crippen LogP contribution in [0.15, 0.2) is 56.2 Å². The Labute approximate surface area is 116 Å². The van der Waals surface area contributed by atoms with Crippen molar-refractivity contribution in [2.24, 2.45) is 2.55 Å². The van der Waals surface area contributed by atoms with Crippen LogP contribution in [-0.2, 0) is 10.0 Å². The number of aromatic nitrogens is 1. The van der Waals surface area contributed by atoms with E-state index in [2.05, 4.69) is 7.53 Å². The highest BCUT2D eigenvalue weighted by Crippen LogP contribution is 2.19. The Balaban J connectivity index is 2.28. The van der Waals surface area contributed by atoms with E-state index in [9.17, 15) is 8.42 Å². The second-order valence-electron chi connectivity index (χ2n) is 3.60. The fourth-order valence-corrected chi connectivity index (χ4v) is 4.67. The van der Waals surface area contributed by atoms with Gasteiger partial charge in [-0.1, -0.05) is 24.3 Å². The van der Waals surface area contributed by atoms with Gasteiger partial charge in [0.2, 0.25) is 0 Å². The van der Waals surface area contributed by atoms with Gasteiger partial charge >= 0.3 is 10.0 Å². The molecule has 2 rings (SSSR count). The van der Waals surface area contributed by atoms with Crippen LogP contribution in [-0.4, -0.2) is 13.4 Å². The van der Waals surface area contributed by atoms with Crippen LogP contribution < -0.4 is 0 Å². The van der Waals surface area contributed by atoms with Crippen molar-refractivity contribution in [1.29, 1.82) is 0 Å². The van der Waals surface area contributed by atoms with E-state index in [1.54, 1.807) is 6.07 Å². The lowest BCUT2D eigenvalue weighted by atomic mass is 10.3. The molecule has 0 fully saturated rings. The molecule has 0 aliphatic rings. The first kappa shape index (κ1) is 13.3. The van der Waals surface area contributed by atoms with Crippen LogP contribution in [0.25, 0.3) is 0 Å². The molecule has 2 aromatic rings. The van der Waals surface area contributed by atoms with Crippen molar-refractivity contribution in [3.05, 3.63) is 57.8 Å². The molecule has 0 amide bonds. The minimum atomic E-state index is -3.61. The second kappa shape index (κ2) is 5.66. The molecule has 4 nitrogen and oxygen atoms in total. The third-order valence-corrected chi connectivity index (χ3v) is 6.55. The Bertz CT molecular complexity index is 652. The first-order valence-electron chi connectivity index (χ1n) is 5.17. The van der Waals surface area contributed by atoms with Crippen LogP contribution >= 0.6 is 21.0 Å². The standard InChI is InChI=1S/C12H11IN2O2S/c1-10-7-8-12(14-9-10)18(16,17)15-13-11-5-3-2-4-6-11/h2-9H,1H3. The first-order chi connectivity index (χ1) is 8.58. The lowest BCUT2D eigenvalue weighted by Gasteiger charge is -1.97. The minimum absolute atomic E-state index is 0.0173. The molecular formula is C12H11IN2O2S. The van der Waals surface area contributed by atoms with Gasteiger partial charge in [0, 0.05) is 30.8 Å². The van der Waals surface area contributed by atoms with E-state index >= 15 is 0 Å². The summed E-state index contributed by atoms with van der Waals surface area (Å²) in [5.74, 6) is 0. The lowest BCUT2D eigenvalue weighted by molar-refractivity contribution is 0.595. The number of sulfonamides is 1. The minimum Gasteiger partial charge on any atom is -0.243 e. The molecular weight excluding hydrogens is 363 g/mol. The van der Waals surface area contributed by atoms with E-state index in [0.29, 0.717) is 0 Å². The number of rotatable bonds is 3. The summed E-state index contributed by atoms with van der Waals surface area (Å²) in [6, 6.07) is 12.6. The van der Waals surface area contributed by atoms with Crippen LogP contribution in [0.1, 0.15) is 5.56 Å². The molecule has 0 unspecified atom stereocenters. The van der Waals surface area contributed by atoms with Gasteiger partial charge in [-0.3, -0.25) is 0 Å². The number of aryl methyl sites for hydroxylation is 1. The van der Waals surface area contributed by atoms with Crippen molar-refractivity contribution in [3.8, 4) is 0 Å². The molecule has 18 heavy (non-hydrogen) atoms. The Morgan fingerprint density at radius 1 is 1.11 bits per heavy atom. The number of hydrogen-bond acceptors (Lipinski definition) is 3. The summed E-state index contributed by atoms with van der Waals surface area (Å²) < 4.78 is 28.6. The predicted molar refractivity (Wildman–Crippen MR) is 77.7 cm³/mol. The van der Waals surface area contributed by atoms with Crippen LogP contribution in [0.5, 0.6) is 0 Å². The largest absolute Gasteiger partial charge is 0.304 e. The number of halogens is 1. The molecule has 1 aromatic carbocycles. The van der Waals surface area contributed by atoms with Crippen LogP contribution in [0.3, 0.4) is 0 Å². The third kappa shape index (κ3) is 3.42. The van der Waals surface area contributed by atoms with Crippen molar-refractivity contribution in [2.45, 2.75) is 11.9 Å². The van der Waals surface area contributed by atoms with E-state index in [1.165, 1.54) is 12.3 Å². The molecule has 0 saturated heterocycles. The Morgan fingerprint density at radius 2 is 1.83 bits per heavy atom. The summed E-state index contributed by atoms with van der Waals surface area (Å²) in [4.78, 5) is 3.90. The molecule has 0 spiro atoms. The molecule has 0 aliphatic carbocycles. The molecule has 0 saturated carbocycles. The highest BCUT2D eigenvalue weighted by atomic mass is 127. The molecule has 1 heterocycles. The molecule has 0 radical (unpaired) electrons. The Hall–Kier alpha value is -1.15. The Kier molecular flexibility index (Phi) is 4.18. The number of benzene rings is 1. The second-order valence-corrected chi connectivity index (χ2v) is 8.01. The molecule has 0 bridgehead atoms. The van der Waals surface area contributed by atoms with Gasteiger partial charge in [0.15, 0.2) is 5.03 Å². The Morgan fingerprint density at radius 3 is 2.44 bits per heavy atom. The van der Waals surface area contributed by atoms with Crippen LogP contribution in [0.4, 0.5) is 0 Å². The first-order valence-corrected chi connectivity index (χ1v) is 8.65. The average Bonchev–Trinajstić information content (AvgIpc) is 2.38. The van der Waals surface area contributed by atoms with Crippen molar-refractivity contribution >= 4 is 31.1 Å². The zero-order valence-electron chi connectivity index (χ0n) is 9.62. The molecule has 6 heteroatoms. The van der Waals surface area contributed by atoms with Gasteiger partial charge < -0.3 is 0 Å². The zero-order valence-corrected chi connectivity index (χ0v) is 12.6. The normalized spacial score (nSPS) is 12.3. The number of pyridine rings is 1. The monoisotopic (exact) mass is 374 g/mol. The third-order valence-electron chi connectivity index (χ3n) is 2.10. The maximum atomic E-state index is 11.9. The van der Waals surface area contributed by atoms with Crippen molar-refractivity contribution in [1.82, 2.24) is 4.98 Å². The van der Waals surface area contributed by atoms with Crippen molar-refractivity contribution in [2.75, 3.05) is 0 Å². The summed E-state index contributed by atoms with van der Waals surface area (Å²) in [5.41, 5.74) is 0.923. The van der Waals surface area contributed by atoms with E-state index in [4.69, 9.17) is 0 Å². The topological polar surface area (TPSA) is 59.4 Å². The van der Waals surface area contributed by atoms with Gasteiger partial charge in [-0.15, -0.1) is 2.55 Å². The van der Waals surface area contributed by atoms with Gasteiger partial charge in [0.25, 0.3) is 0 Å². The summed E-state index contributed by atoms with van der Waals surface area (Å²) in [7, 11) is -3.61. The van der Waals surface area contributed by atoms with Crippen molar-refractivity contribution in [3.63, 3.8) is 0 Å². The SMILES string of the molecule is Cc1ccc(S(=O)(=O)N=Ic2ccccc2)nc1.